The Kier molecular flexibility index (Phi) is 7.03. The molecule has 0 unspecified atom stereocenters. The minimum atomic E-state index is -0.885. The second kappa shape index (κ2) is 9.69. The Labute approximate surface area is 180 Å². The molecule has 30 heavy (non-hydrogen) atoms. The molecule has 0 aliphatic rings. The first kappa shape index (κ1) is 21.7. The van der Waals surface area contributed by atoms with Gasteiger partial charge in [0.1, 0.15) is 12.4 Å². The number of carboxylic acids is 1. The van der Waals surface area contributed by atoms with Gasteiger partial charge in [-0.1, -0.05) is 35.9 Å². The summed E-state index contributed by atoms with van der Waals surface area (Å²) in [5.74, 6) is -0.457. The lowest BCUT2D eigenvalue weighted by atomic mass is 9.95. The zero-order chi connectivity index (χ0) is 21.7. The SMILES string of the molecule is Cc1ccc(C)c(-c2ccc(OCCN(C)CC(=O)O)c(C(=O)c3cccs3)c2)c1. The standard InChI is InChI=1S/C24H25NO4S/c1-16-6-7-17(2)19(13-16)18-8-9-21(29-11-10-25(3)15-23(26)27)20(14-18)24(28)22-5-4-12-30-22/h4-9,12-14H,10-11,15H2,1-3H3,(H,26,27). The number of nitrogens with zero attached hydrogens (tertiary/aromatic N) is 1. The molecule has 0 radical (unpaired) electrons. The van der Waals surface area contributed by atoms with Crippen molar-refractivity contribution in [3.8, 4) is 16.9 Å². The molecule has 0 saturated heterocycles. The van der Waals surface area contributed by atoms with Gasteiger partial charge in [-0.05, 0) is 61.2 Å². The minimum absolute atomic E-state index is 0.0596. The third-order valence-corrected chi connectivity index (χ3v) is 5.68. The van der Waals surface area contributed by atoms with Crippen molar-refractivity contribution in [1.29, 1.82) is 0 Å². The zero-order valence-corrected chi connectivity index (χ0v) is 18.2. The second-order valence-electron chi connectivity index (χ2n) is 7.32. The van der Waals surface area contributed by atoms with Gasteiger partial charge >= 0.3 is 5.97 Å². The van der Waals surface area contributed by atoms with Crippen LogP contribution in [-0.2, 0) is 4.79 Å². The first-order chi connectivity index (χ1) is 14.3. The monoisotopic (exact) mass is 423 g/mol. The Bertz CT molecular complexity index is 1040. The molecule has 0 saturated carbocycles. The third-order valence-electron chi connectivity index (χ3n) is 4.81. The van der Waals surface area contributed by atoms with Gasteiger partial charge in [0, 0.05) is 6.54 Å². The largest absolute Gasteiger partial charge is 0.491 e. The Morgan fingerprint density at radius 2 is 1.90 bits per heavy atom. The van der Waals surface area contributed by atoms with Crippen LogP contribution in [0, 0.1) is 13.8 Å². The highest BCUT2D eigenvalue weighted by Gasteiger charge is 2.18. The minimum Gasteiger partial charge on any atom is -0.491 e. The summed E-state index contributed by atoms with van der Waals surface area (Å²) in [7, 11) is 1.72. The normalized spacial score (nSPS) is 10.9. The number of carbonyl (C=O) groups excluding carboxylic acids is 1. The molecule has 0 spiro atoms. The van der Waals surface area contributed by atoms with Gasteiger partial charge in [0.05, 0.1) is 17.0 Å². The highest BCUT2D eigenvalue weighted by atomic mass is 32.1. The maximum Gasteiger partial charge on any atom is 0.317 e. The molecule has 2 aromatic carbocycles. The van der Waals surface area contributed by atoms with Crippen molar-refractivity contribution in [1.82, 2.24) is 4.90 Å². The highest BCUT2D eigenvalue weighted by molar-refractivity contribution is 7.12. The first-order valence-corrected chi connectivity index (χ1v) is 10.6. The van der Waals surface area contributed by atoms with E-state index >= 15 is 0 Å². The molecular formula is C24H25NO4S. The Morgan fingerprint density at radius 1 is 1.10 bits per heavy atom. The lowest BCUT2D eigenvalue weighted by Crippen LogP contribution is -2.29. The predicted octanol–water partition coefficient (Wildman–Crippen LogP) is 4.66. The first-order valence-electron chi connectivity index (χ1n) is 9.68. The molecule has 0 amide bonds. The number of hydrogen-bond donors (Lipinski definition) is 1. The predicted molar refractivity (Wildman–Crippen MR) is 120 cm³/mol. The third kappa shape index (κ3) is 5.34. The van der Waals surface area contributed by atoms with Crippen molar-refractivity contribution in [2.75, 3.05) is 26.7 Å². The van der Waals surface area contributed by atoms with Crippen LogP contribution in [0.1, 0.15) is 26.4 Å². The molecule has 5 nitrogen and oxygen atoms in total. The lowest BCUT2D eigenvalue weighted by molar-refractivity contribution is -0.138. The lowest BCUT2D eigenvalue weighted by Gasteiger charge is -2.17. The second-order valence-corrected chi connectivity index (χ2v) is 8.26. The summed E-state index contributed by atoms with van der Waals surface area (Å²) in [4.78, 5) is 26.3. The van der Waals surface area contributed by atoms with E-state index in [-0.39, 0.29) is 18.9 Å². The summed E-state index contributed by atoms with van der Waals surface area (Å²) in [6, 6.07) is 15.6. The van der Waals surface area contributed by atoms with E-state index in [0.29, 0.717) is 22.7 Å². The van der Waals surface area contributed by atoms with Crippen molar-refractivity contribution < 1.29 is 19.4 Å². The van der Waals surface area contributed by atoms with Gasteiger partial charge in [-0.2, -0.15) is 0 Å². The van der Waals surface area contributed by atoms with Crippen LogP contribution in [0.3, 0.4) is 0 Å². The molecule has 156 valence electrons. The van der Waals surface area contributed by atoms with Gasteiger partial charge in [0.25, 0.3) is 0 Å². The summed E-state index contributed by atoms with van der Waals surface area (Å²) in [5.41, 5.74) is 4.86. The molecular weight excluding hydrogens is 398 g/mol. The molecule has 0 fully saturated rings. The van der Waals surface area contributed by atoms with Crippen molar-refractivity contribution in [2.45, 2.75) is 13.8 Å². The fourth-order valence-corrected chi connectivity index (χ4v) is 3.89. The fraction of sp³-hybridized carbons (Fsp3) is 0.250. The smallest absolute Gasteiger partial charge is 0.317 e. The summed E-state index contributed by atoms with van der Waals surface area (Å²) in [6.45, 7) is 4.77. The van der Waals surface area contributed by atoms with Crippen LogP contribution in [0.15, 0.2) is 53.9 Å². The van der Waals surface area contributed by atoms with Crippen molar-refractivity contribution >= 4 is 23.1 Å². The van der Waals surface area contributed by atoms with E-state index in [9.17, 15) is 9.59 Å². The van der Waals surface area contributed by atoms with Crippen LogP contribution in [0.5, 0.6) is 5.75 Å². The molecule has 1 N–H and O–H groups in total. The van der Waals surface area contributed by atoms with Crippen molar-refractivity contribution in [3.05, 3.63) is 75.5 Å². The van der Waals surface area contributed by atoms with Gasteiger partial charge in [0.2, 0.25) is 5.78 Å². The number of aryl methyl sites for hydroxylation is 2. The number of likely N-dealkylation sites (N-methyl/N-ethyl adjacent to an activating group) is 1. The average molecular weight is 424 g/mol. The van der Waals surface area contributed by atoms with Crippen molar-refractivity contribution in [3.63, 3.8) is 0 Å². The highest BCUT2D eigenvalue weighted by Crippen LogP contribution is 2.31. The van der Waals surface area contributed by atoms with E-state index in [1.54, 1.807) is 11.9 Å². The summed E-state index contributed by atoms with van der Waals surface area (Å²) in [5, 5.41) is 10.8. The van der Waals surface area contributed by atoms with Gasteiger partial charge in [0.15, 0.2) is 0 Å². The van der Waals surface area contributed by atoms with E-state index in [4.69, 9.17) is 9.84 Å². The summed E-state index contributed by atoms with van der Waals surface area (Å²) < 4.78 is 5.90. The van der Waals surface area contributed by atoms with Gasteiger partial charge in [-0.15, -0.1) is 11.3 Å². The average Bonchev–Trinajstić information content (AvgIpc) is 3.24. The van der Waals surface area contributed by atoms with Gasteiger partial charge in [-0.3, -0.25) is 14.5 Å². The molecule has 0 bridgehead atoms. The van der Waals surface area contributed by atoms with Crippen LogP contribution >= 0.6 is 11.3 Å². The van der Waals surface area contributed by atoms with E-state index < -0.39 is 5.97 Å². The molecule has 1 aromatic heterocycles. The molecule has 0 atom stereocenters. The topological polar surface area (TPSA) is 66.8 Å². The van der Waals surface area contributed by atoms with Crippen LogP contribution in [0.2, 0.25) is 0 Å². The van der Waals surface area contributed by atoms with E-state index in [1.165, 1.54) is 11.3 Å². The summed E-state index contributed by atoms with van der Waals surface area (Å²) >= 11 is 1.40. The zero-order valence-electron chi connectivity index (χ0n) is 17.3. The van der Waals surface area contributed by atoms with E-state index in [1.807, 2.05) is 42.6 Å². The molecule has 0 aliphatic heterocycles. The Hall–Kier alpha value is -2.96. The molecule has 3 aromatic rings. The van der Waals surface area contributed by atoms with Gasteiger partial charge in [-0.25, -0.2) is 0 Å². The van der Waals surface area contributed by atoms with Gasteiger partial charge < -0.3 is 9.84 Å². The van der Waals surface area contributed by atoms with E-state index in [0.717, 1.165) is 22.3 Å². The van der Waals surface area contributed by atoms with Crippen molar-refractivity contribution in [2.24, 2.45) is 0 Å². The maximum absolute atomic E-state index is 13.1. The van der Waals surface area contributed by atoms with Crippen LogP contribution in [0.4, 0.5) is 0 Å². The Morgan fingerprint density at radius 3 is 2.60 bits per heavy atom. The number of carboxylic acid groups (broad SMARTS) is 1. The molecule has 6 heteroatoms. The molecule has 3 rings (SSSR count). The number of aliphatic carboxylic acids is 1. The fourth-order valence-electron chi connectivity index (χ4n) is 3.21. The van der Waals surface area contributed by atoms with Crippen LogP contribution < -0.4 is 4.74 Å². The number of thiophene rings is 1. The quantitative estimate of drug-likeness (QED) is 0.507. The number of benzene rings is 2. The van der Waals surface area contributed by atoms with E-state index in [2.05, 4.69) is 25.1 Å². The molecule has 1 heterocycles. The van der Waals surface area contributed by atoms with Crippen LogP contribution in [-0.4, -0.2) is 48.5 Å². The molecule has 0 aliphatic carbocycles. The Balaban J connectivity index is 1.91. The van der Waals surface area contributed by atoms with Crippen LogP contribution in [0.25, 0.3) is 11.1 Å². The number of ether oxygens (including phenoxy) is 1. The number of rotatable bonds is 9. The number of hydrogen-bond acceptors (Lipinski definition) is 5. The number of ketones is 1. The number of carbonyl (C=O) groups is 2. The summed E-state index contributed by atoms with van der Waals surface area (Å²) in [6.07, 6.45) is 0. The maximum atomic E-state index is 13.1.